The minimum atomic E-state index is -0.539. The minimum absolute atomic E-state index is 0.0341. The summed E-state index contributed by atoms with van der Waals surface area (Å²) in [4.78, 5) is 29.1. The lowest BCUT2D eigenvalue weighted by Gasteiger charge is -2.27. The first-order chi connectivity index (χ1) is 13.8. The highest BCUT2D eigenvalue weighted by Gasteiger charge is 2.36. The number of anilines is 1. The van der Waals surface area contributed by atoms with Gasteiger partial charge in [0.2, 0.25) is 0 Å². The van der Waals surface area contributed by atoms with Crippen LogP contribution in [0.5, 0.6) is 0 Å². The van der Waals surface area contributed by atoms with Crippen molar-refractivity contribution < 1.29 is 4.39 Å². The Morgan fingerprint density at radius 3 is 2.86 bits per heavy atom. The van der Waals surface area contributed by atoms with E-state index in [4.69, 9.17) is 5.26 Å². The molecule has 7 nitrogen and oxygen atoms in total. The number of nitrogens with zero attached hydrogens (tertiary/aromatic N) is 3. The van der Waals surface area contributed by atoms with Crippen LogP contribution in [0.1, 0.15) is 44.2 Å². The average molecular weight is 399 g/mol. The summed E-state index contributed by atoms with van der Waals surface area (Å²) in [5.41, 5.74) is 0.697. The number of fused-ring (bicyclic) bond motifs is 1. The van der Waals surface area contributed by atoms with Crippen LogP contribution in [0.2, 0.25) is 0 Å². The van der Waals surface area contributed by atoms with Crippen molar-refractivity contribution in [1.29, 1.82) is 5.26 Å². The first kappa shape index (κ1) is 19.6. The maximum atomic E-state index is 15.1. The lowest BCUT2D eigenvalue weighted by atomic mass is 9.90. The number of hydrogen-bond acceptors (Lipinski definition) is 5. The quantitative estimate of drug-likeness (QED) is 0.727. The molecule has 154 valence electrons. The average Bonchev–Trinajstić information content (AvgIpc) is 3.43. The van der Waals surface area contributed by atoms with E-state index in [2.05, 4.69) is 23.3 Å². The van der Waals surface area contributed by atoms with Gasteiger partial charge >= 0.3 is 5.69 Å². The smallest absolute Gasteiger partial charge is 0.329 e. The zero-order valence-corrected chi connectivity index (χ0v) is 16.8. The Bertz CT molecular complexity index is 1110. The zero-order valence-electron chi connectivity index (χ0n) is 16.8. The second-order valence-corrected chi connectivity index (χ2v) is 8.66. The van der Waals surface area contributed by atoms with Gasteiger partial charge in [-0.1, -0.05) is 6.92 Å². The molecule has 1 aromatic heterocycles. The zero-order chi connectivity index (χ0) is 20.8. The van der Waals surface area contributed by atoms with Gasteiger partial charge < -0.3 is 10.2 Å². The molecule has 0 spiro atoms. The number of hydrogen-bond donors (Lipinski definition) is 2. The Hall–Kier alpha value is -2.66. The molecule has 2 N–H and O–H groups in total. The van der Waals surface area contributed by atoms with Crippen LogP contribution in [-0.4, -0.2) is 35.7 Å². The molecule has 2 heterocycles. The number of aromatic nitrogens is 2. The third-order valence-corrected chi connectivity index (χ3v) is 6.14. The van der Waals surface area contributed by atoms with Gasteiger partial charge in [0, 0.05) is 44.2 Å². The van der Waals surface area contributed by atoms with Crippen LogP contribution < -0.4 is 21.5 Å². The van der Waals surface area contributed by atoms with Crippen molar-refractivity contribution in [3.8, 4) is 6.07 Å². The third-order valence-electron chi connectivity index (χ3n) is 6.14. The summed E-state index contributed by atoms with van der Waals surface area (Å²) in [6, 6.07) is 3.47. The second-order valence-electron chi connectivity index (χ2n) is 8.66. The first-order valence-corrected chi connectivity index (χ1v) is 10.1. The van der Waals surface area contributed by atoms with Crippen LogP contribution in [0, 0.1) is 29.5 Å². The number of rotatable bonds is 6. The van der Waals surface area contributed by atoms with Crippen LogP contribution >= 0.6 is 0 Å². The van der Waals surface area contributed by atoms with Gasteiger partial charge in [0.05, 0.1) is 22.7 Å². The predicted molar refractivity (Wildman–Crippen MR) is 110 cm³/mol. The third kappa shape index (κ3) is 3.55. The number of nitriles is 1. The van der Waals surface area contributed by atoms with E-state index in [-0.39, 0.29) is 16.8 Å². The van der Waals surface area contributed by atoms with Gasteiger partial charge in [-0.3, -0.25) is 14.3 Å². The molecule has 1 saturated carbocycles. The first-order valence-electron chi connectivity index (χ1n) is 10.1. The van der Waals surface area contributed by atoms with Crippen LogP contribution in [0.4, 0.5) is 10.1 Å². The highest BCUT2D eigenvalue weighted by Crippen LogP contribution is 2.40. The molecule has 1 aliphatic carbocycles. The number of aryl methyl sites for hydroxylation is 1. The van der Waals surface area contributed by atoms with Crippen LogP contribution in [0.3, 0.4) is 0 Å². The largest absolute Gasteiger partial charge is 0.368 e. The number of benzene rings is 1. The van der Waals surface area contributed by atoms with Gasteiger partial charge in [-0.2, -0.15) is 5.26 Å². The second kappa shape index (κ2) is 7.30. The molecule has 1 aromatic carbocycles. The van der Waals surface area contributed by atoms with Gasteiger partial charge in [0.25, 0.3) is 5.56 Å². The van der Waals surface area contributed by atoms with Crippen molar-refractivity contribution in [2.45, 2.75) is 45.6 Å². The van der Waals surface area contributed by atoms with Gasteiger partial charge in [-0.05, 0) is 37.7 Å². The molecule has 1 aliphatic heterocycles. The number of H-pyrrole nitrogens is 1. The van der Waals surface area contributed by atoms with E-state index < -0.39 is 17.1 Å². The minimum Gasteiger partial charge on any atom is -0.368 e. The lowest BCUT2D eigenvalue weighted by Crippen LogP contribution is -2.35. The molecule has 4 rings (SSSR count). The topological polar surface area (TPSA) is 93.9 Å². The van der Waals surface area contributed by atoms with Crippen molar-refractivity contribution in [2.75, 3.05) is 31.1 Å². The monoisotopic (exact) mass is 399 g/mol. The van der Waals surface area contributed by atoms with Gasteiger partial charge in [-0.25, -0.2) is 9.18 Å². The van der Waals surface area contributed by atoms with Crippen molar-refractivity contribution in [1.82, 2.24) is 14.9 Å². The Morgan fingerprint density at radius 2 is 2.17 bits per heavy atom. The molecule has 8 heteroatoms. The molecule has 0 bridgehead atoms. The molecule has 2 aliphatic rings. The summed E-state index contributed by atoms with van der Waals surface area (Å²) in [6.07, 6.45) is 3.15. The summed E-state index contributed by atoms with van der Waals surface area (Å²) in [5, 5.41) is 12.2. The van der Waals surface area contributed by atoms with Crippen molar-refractivity contribution >= 4 is 16.6 Å². The molecule has 0 amide bonds. The summed E-state index contributed by atoms with van der Waals surface area (Å²) in [5.74, 6) is -0.428. The maximum absolute atomic E-state index is 15.1. The molecule has 1 unspecified atom stereocenters. The van der Waals surface area contributed by atoms with E-state index in [0.717, 1.165) is 25.8 Å². The molecular formula is C21H26FN5O2. The fourth-order valence-corrected chi connectivity index (χ4v) is 4.53. The Morgan fingerprint density at radius 1 is 1.41 bits per heavy atom. The standard InChI is InChI=1S/C21H26FN5O2/c1-13-17-15(19(28)25-20(29)27(17)14-4-5-14)10-16(22)18(13)26-9-6-21(2,12-26)11-24-8-3-7-23/h10,14,24H,3-6,8-9,11-12H2,1-2H3,(H,25,28,29). The highest BCUT2D eigenvalue weighted by molar-refractivity contribution is 5.87. The molecule has 0 radical (unpaired) electrons. The van der Waals surface area contributed by atoms with E-state index in [1.165, 1.54) is 6.07 Å². The lowest BCUT2D eigenvalue weighted by molar-refractivity contribution is 0.345. The van der Waals surface area contributed by atoms with Gasteiger partial charge in [-0.15, -0.1) is 0 Å². The molecule has 29 heavy (non-hydrogen) atoms. The summed E-state index contributed by atoms with van der Waals surface area (Å²) in [6.45, 7) is 6.74. The number of aromatic amines is 1. The van der Waals surface area contributed by atoms with Gasteiger partial charge in [0.15, 0.2) is 0 Å². The van der Waals surface area contributed by atoms with E-state index in [0.29, 0.717) is 42.8 Å². The van der Waals surface area contributed by atoms with E-state index in [1.54, 1.807) is 11.5 Å². The van der Waals surface area contributed by atoms with Crippen LogP contribution in [0.15, 0.2) is 15.7 Å². The van der Waals surface area contributed by atoms with Crippen molar-refractivity contribution in [3.63, 3.8) is 0 Å². The Kier molecular flexibility index (Phi) is 4.95. The van der Waals surface area contributed by atoms with Crippen LogP contribution in [0.25, 0.3) is 10.9 Å². The molecule has 1 atom stereocenters. The number of halogens is 1. The molecular weight excluding hydrogens is 373 g/mol. The summed E-state index contributed by atoms with van der Waals surface area (Å²) in [7, 11) is 0. The normalized spacial score (nSPS) is 21.7. The predicted octanol–water partition coefficient (Wildman–Crippen LogP) is 2.19. The van der Waals surface area contributed by atoms with E-state index in [9.17, 15) is 9.59 Å². The van der Waals surface area contributed by atoms with Gasteiger partial charge in [0.1, 0.15) is 5.82 Å². The SMILES string of the molecule is Cc1c(N2CCC(C)(CNCCC#N)C2)c(F)cc2c(=O)[nH]c(=O)n(C3CC3)c12. The van der Waals surface area contributed by atoms with E-state index in [1.807, 2.05) is 4.90 Å². The Labute approximate surface area is 168 Å². The summed E-state index contributed by atoms with van der Waals surface area (Å²) >= 11 is 0. The Balaban J connectivity index is 1.72. The number of nitrogens with one attached hydrogen (secondary N) is 2. The van der Waals surface area contributed by atoms with E-state index >= 15 is 4.39 Å². The highest BCUT2D eigenvalue weighted by atomic mass is 19.1. The summed E-state index contributed by atoms with van der Waals surface area (Å²) < 4.78 is 16.8. The maximum Gasteiger partial charge on any atom is 0.329 e. The molecule has 2 aromatic rings. The molecule has 1 saturated heterocycles. The van der Waals surface area contributed by atoms with Crippen LogP contribution in [-0.2, 0) is 0 Å². The molecule has 2 fully saturated rings. The fourth-order valence-electron chi connectivity index (χ4n) is 4.53. The fraction of sp³-hybridized carbons (Fsp3) is 0.571. The van der Waals surface area contributed by atoms with Crippen molar-refractivity contribution in [2.24, 2.45) is 5.41 Å². The van der Waals surface area contributed by atoms with Crippen molar-refractivity contribution in [3.05, 3.63) is 38.3 Å².